The van der Waals surface area contributed by atoms with E-state index >= 15 is 0 Å². The Bertz CT molecular complexity index is 601. The molecule has 116 valence electrons. The van der Waals surface area contributed by atoms with E-state index in [1.807, 2.05) is 12.1 Å². The van der Waals surface area contributed by atoms with Gasteiger partial charge in [-0.3, -0.25) is 0 Å². The molecule has 0 radical (unpaired) electrons. The minimum atomic E-state index is 0.280. The van der Waals surface area contributed by atoms with Gasteiger partial charge in [-0.05, 0) is 37.5 Å². The molecule has 1 aliphatic carbocycles. The Kier molecular flexibility index (Phi) is 4.47. The van der Waals surface area contributed by atoms with Gasteiger partial charge < -0.3 is 15.1 Å². The average Bonchev–Trinajstić information content (AvgIpc) is 3.17. The molecule has 1 aromatic carbocycles. The van der Waals surface area contributed by atoms with Crippen molar-refractivity contribution in [1.29, 1.82) is 0 Å². The topological polar surface area (TPSA) is 49.6 Å². The van der Waals surface area contributed by atoms with E-state index in [9.17, 15) is 0 Å². The zero-order chi connectivity index (χ0) is 15.3. The maximum atomic E-state index is 5.33. The van der Waals surface area contributed by atoms with Crippen LogP contribution in [0, 0.1) is 0 Å². The number of furan rings is 1. The molecule has 0 aliphatic heterocycles. The minimum absolute atomic E-state index is 0.280. The fourth-order valence-electron chi connectivity index (χ4n) is 2.66. The molecule has 0 spiro atoms. The van der Waals surface area contributed by atoms with E-state index in [-0.39, 0.29) is 5.41 Å². The van der Waals surface area contributed by atoms with Crippen molar-refractivity contribution >= 4 is 5.96 Å². The van der Waals surface area contributed by atoms with Crippen molar-refractivity contribution in [3.05, 3.63) is 60.1 Å². The summed E-state index contributed by atoms with van der Waals surface area (Å²) in [5, 5.41) is 6.78. The van der Waals surface area contributed by atoms with Crippen LogP contribution in [0.15, 0.2) is 58.1 Å². The molecule has 0 bridgehead atoms. The highest BCUT2D eigenvalue weighted by Gasteiger charge is 2.43. The summed E-state index contributed by atoms with van der Waals surface area (Å²) in [5.74, 6) is 1.72. The van der Waals surface area contributed by atoms with Gasteiger partial charge in [0.25, 0.3) is 0 Å². The summed E-state index contributed by atoms with van der Waals surface area (Å²) >= 11 is 0. The molecule has 0 unspecified atom stereocenters. The molecule has 0 saturated heterocycles. The summed E-state index contributed by atoms with van der Waals surface area (Å²) in [4.78, 5) is 4.58. The van der Waals surface area contributed by atoms with Crippen molar-refractivity contribution in [3.63, 3.8) is 0 Å². The van der Waals surface area contributed by atoms with Crippen molar-refractivity contribution < 1.29 is 4.42 Å². The summed E-state index contributed by atoms with van der Waals surface area (Å²) in [7, 11) is 0. The standard InChI is InChI=1S/C18H23N3O/c1-2-19-17(20-13-16-9-6-12-22-16)21-14-18(10-11-18)15-7-4-3-5-8-15/h3-9,12H,2,10-11,13-14H2,1H3,(H2,19,20,21). The van der Waals surface area contributed by atoms with Crippen LogP contribution in [0.2, 0.25) is 0 Å². The van der Waals surface area contributed by atoms with Crippen molar-refractivity contribution in [2.75, 3.05) is 13.1 Å². The molecular formula is C18H23N3O. The maximum Gasteiger partial charge on any atom is 0.191 e. The second-order valence-electron chi connectivity index (χ2n) is 5.77. The number of rotatable bonds is 6. The number of hydrogen-bond donors (Lipinski definition) is 2. The molecular weight excluding hydrogens is 274 g/mol. The minimum Gasteiger partial charge on any atom is -0.467 e. The second-order valence-corrected chi connectivity index (χ2v) is 5.77. The third-order valence-electron chi connectivity index (χ3n) is 4.15. The van der Waals surface area contributed by atoms with Gasteiger partial charge in [-0.2, -0.15) is 0 Å². The largest absolute Gasteiger partial charge is 0.467 e. The summed E-state index contributed by atoms with van der Waals surface area (Å²) < 4.78 is 5.33. The van der Waals surface area contributed by atoms with Crippen LogP contribution in [0.1, 0.15) is 31.1 Å². The molecule has 1 aliphatic rings. The zero-order valence-corrected chi connectivity index (χ0v) is 13.0. The first-order valence-electron chi connectivity index (χ1n) is 7.92. The predicted octanol–water partition coefficient (Wildman–Crippen LogP) is 3.07. The van der Waals surface area contributed by atoms with Crippen LogP contribution in [0.3, 0.4) is 0 Å². The van der Waals surface area contributed by atoms with E-state index in [0.717, 1.165) is 24.8 Å². The first-order chi connectivity index (χ1) is 10.8. The summed E-state index contributed by atoms with van der Waals surface area (Å²) in [6, 6.07) is 14.6. The Balaban J connectivity index is 1.61. The molecule has 3 rings (SSSR count). The highest BCUT2D eigenvalue weighted by Crippen LogP contribution is 2.47. The fraction of sp³-hybridized carbons (Fsp3) is 0.389. The van der Waals surface area contributed by atoms with Crippen molar-refractivity contribution in [2.45, 2.75) is 31.7 Å². The third kappa shape index (κ3) is 3.50. The first kappa shape index (κ1) is 14.7. The Hall–Kier alpha value is -2.23. The van der Waals surface area contributed by atoms with Crippen LogP contribution in [0.4, 0.5) is 0 Å². The van der Waals surface area contributed by atoms with E-state index in [0.29, 0.717) is 6.54 Å². The molecule has 1 aromatic heterocycles. The highest BCUT2D eigenvalue weighted by atomic mass is 16.3. The molecule has 2 aromatic rings. The van der Waals surface area contributed by atoms with Crippen LogP contribution in [-0.2, 0) is 12.0 Å². The van der Waals surface area contributed by atoms with E-state index < -0.39 is 0 Å². The Labute approximate surface area is 131 Å². The molecule has 1 saturated carbocycles. The molecule has 1 fully saturated rings. The first-order valence-corrected chi connectivity index (χ1v) is 7.92. The van der Waals surface area contributed by atoms with E-state index in [4.69, 9.17) is 4.42 Å². The number of benzene rings is 1. The van der Waals surface area contributed by atoms with Gasteiger partial charge >= 0.3 is 0 Å². The van der Waals surface area contributed by atoms with Gasteiger partial charge in [0.1, 0.15) is 12.3 Å². The van der Waals surface area contributed by atoms with Crippen molar-refractivity contribution in [1.82, 2.24) is 10.6 Å². The molecule has 2 N–H and O–H groups in total. The molecule has 4 nitrogen and oxygen atoms in total. The Morgan fingerprint density at radius 1 is 1.14 bits per heavy atom. The van der Waals surface area contributed by atoms with Gasteiger partial charge in [0.15, 0.2) is 5.96 Å². The summed E-state index contributed by atoms with van der Waals surface area (Å²) in [6.45, 7) is 4.40. The van der Waals surface area contributed by atoms with E-state index in [1.165, 1.54) is 18.4 Å². The Morgan fingerprint density at radius 3 is 2.59 bits per heavy atom. The number of nitrogens with zero attached hydrogens (tertiary/aromatic N) is 1. The van der Waals surface area contributed by atoms with Crippen LogP contribution in [-0.4, -0.2) is 19.0 Å². The second kappa shape index (κ2) is 6.69. The summed E-state index contributed by atoms with van der Waals surface area (Å²) in [5.41, 5.74) is 1.70. The molecule has 0 amide bonds. The average molecular weight is 297 g/mol. The monoisotopic (exact) mass is 297 g/mol. The van der Waals surface area contributed by atoms with E-state index in [1.54, 1.807) is 6.26 Å². The molecule has 0 atom stereocenters. The molecule has 22 heavy (non-hydrogen) atoms. The SMILES string of the molecule is CCNC(=NCc1ccco1)NCC1(c2ccccc2)CC1. The van der Waals surface area contributed by atoms with Gasteiger partial charge in [-0.15, -0.1) is 0 Å². The zero-order valence-electron chi connectivity index (χ0n) is 13.0. The molecule has 4 heteroatoms. The number of hydrogen-bond acceptors (Lipinski definition) is 2. The highest BCUT2D eigenvalue weighted by molar-refractivity contribution is 5.79. The van der Waals surface area contributed by atoms with Crippen LogP contribution in [0.25, 0.3) is 0 Å². The number of aliphatic imine (C=N–C) groups is 1. The van der Waals surface area contributed by atoms with Gasteiger partial charge in [0.05, 0.1) is 6.26 Å². The third-order valence-corrected chi connectivity index (χ3v) is 4.15. The van der Waals surface area contributed by atoms with Crippen LogP contribution < -0.4 is 10.6 Å². The van der Waals surface area contributed by atoms with Gasteiger partial charge in [-0.1, -0.05) is 30.3 Å². The lowest BCUT2D eigenvalue weighted by Gasteiger charge is -2.19. The van der Waals surface area contributed by atoms with Gasteiger partial charge in [0.2, 0.25) is 0 Å². The lowest BCUT2D eigenvalue weighted by molar-refractivity contribution is 0.511. The maximum absolute atomic E-state index is 5.33. The van der Waals surface area contributed by atoms with Gasteiger partial charge in [-0.25, -0.2) is 4.99 Å². The van der Waals surface area contributed by atoms with Crippen molar-refractivity contribution in [2.24, 2.45) is 4.99 Å². The smallest absolute Gasteiger partial charge is 0.191 e. The van der Waals surface area contributed by atoms with E-state index in [2.05, 4.69) is 52.9 Å². The van der Waals surface area contributed by atoms with Crippen LogP contribution >= 0.6 is 0 Å². The predicted molar refractivity (Wildman–Crippen MR) is 88.9 cm³/mol. The number of guanidine groups is 1. The quantitative estimate of drug-likeness (QED) is 0.636. The van der Waals surface area contributed by atoms with Gasteiger partial charge in [0, 0.05) is 18.5 Å². The lowest BCUT2D eigenvalue weighted by Crippen LogP contribution is -2.41. The number of nitrogens with one attached hydrogen (secondary N) is 2. The normalized spacial score (nSPS) is 16.3. The fourth-order valence-corrected chi connectivity index (χ4v) is 2.66. The Morgan fingerprint density at radius 2 is 1.95 bits per heavy atom. The van der Waals surface area contributed by atoms with Crippen molar-refractivity contribution in [3.8, 4) is 0 Å². The van der Waals surface area contributed by atoms with Crippen LogP contribution in [0.5, 0.6) is 0 Å². The lowest BCUT2D eigenvalue weighted by atomic mass is 9.96. The molecule has 1 heterocycles. The summed E-state index contributed by atoms with van der Waals surface area (Å²) in [6.07, 6.45) is 4.16.